The predicted molar refractivity (Wildman–Crippen MR) is 158 cm³/mol. The summed E-state index contributed by atoms with van der Waals surface area (Å²) in [6.45, 7) is 6.67. The first-order valence-electron chi connectivity index (χ1n) is 14.5. The van der Waals surface area contributed by atoms with Crippen LogP contribution in [0, 0.1) is 6.92 Å². The van der Waals surface area contributed by atoms with Crippen molar-refractivity contribution in [3.63, 3.8) is 0 Å². The minimum atomic E-state index is -2.58. The number of nitrogens with two attached hydrogens (primary N) is 2. The summed E-state index contributed by atoms with van der Waals surface area (Å²) in [7, 11) is 0. The Bertz CT molecular complexity index is 1540. The molecule has 4 aliphatic rings. The smallest absolute Gasteiger partial charge is 0.346 e. The number of aliphatic hydroxyl groups is 2. The van der Waals surface area contributed by atoms with Gasteiger partial charge in [0.25, 0.3) is 5.91 Å². The molecule has 4 aliphatic heterocycles. The van der Waals surface area contributed by atoms with Gasteiger partial charge in [-0.15, -0.1) is 0 Å². The van der Waals surface area contributed by atoms with E-state index >= 15 is 0 Å². The second kappa shape index (κ2) is 10.1. The number of hydrogen-bond donors (Lipinski definition) is 8. The maximum Gasteiger partial charge on any atom is 0.346 e. The highest BCUT2D eigenvalue weighted by atomic mass is 16.5. The lowest BCUT2D eigenvalue weighted by Gasteiger charge is -2.43. The molecule has 10 N–H and O–H groups in total. The number of carbonyl (C=O) groups is 2. The van der Waals surface area contributed by atoms with Gasteiger partial charge in [0, 0.05) is 5.56 Å². The molecule has 0 bridgehead atoms. The number of amides is 2. The standard InChI is InChI=1S/C30H38N8O5/c1-16-7-9-17(10-8-16)13-22(39)33-14-20-24-29(37-26(31)36-24)30(41,42)21(15-38(29)27(32)34-20)35-25(40)18-5-4-6-19-23(18)43-12-11-28(19,2)3/h4-10,20-21,24,41-42H,11-15H2,1-3H3,(H7,31,32,33,34,35,36,37,39,40)/p+1/t20-,21?,24-,29-/m0/s1. The van der Waals surface area contributed by atoms with E-state index in [1.165, 1.54) is 4.58 Å². The molecule has 1 fully saturated rings. The Morgan fingerprint density at radius 3 is 2.65 bits per heavy atom. The van der Waals surface area contributed by atoms with Crippen LogP contribution in [0.4, 0.5) is 0 Å². The first kappa shape index (κ1) is 28.7. The molecule has 2 amide bonds. The number of aryl methyl sites for hydroxylation is 1. The largest absolute Gasteiger partial charge is 0.492 e. The zero-order valence-corrected chi connectivity index (χ0v) is 24.5. The van der Waals surface area contributed by atoms with Crippen molar-refractivity contribution >= 4 is 23.7 Å². The van der Waals surface area contributed by atoms with E-state index in [0.717, 1.165) is 23.1 Å². The van der Waals surface area contributed by atoms with E-state index in [1.54, 1.807) is 12.1 Å². The lowest BCUT2D eigenvalue weighted by Crippen LogP contribution is -2.79. The maximum absolute atomic E-state index is 13.6. The topological polar surface area (TPSA) is 199 Å². The van der Waals surface area contributed by atoms with Crippen LogP contribution in [0.15, 0.2) is 47.5 Å². The number of guanidine groups is 2. The molecule has 0 aromatic heterocycles. The third-order valence-electron chi connectivity index (χ3n) is 9.14. The number of benzene rings is 2. The second-order valence-electron chi connectivity index (χ2n) is 12.5. The number of nitrogens with zero attached hydrogens (tertiary/aromatic N) is 2. The molecule has 13 nitrogen and oxygen atoms in total. The van der Waals surface area contributed by atoms with Crippen molar-refractivity contribution in [2.45, 2.75) is 68.6 Å². The van der Waals surface area contributed by atoms with Crippen molar-refractivity contribution in [1.29, 1.82) is 0 Å². The summed E-state index contributed by atoms with van der Waals surface area (Å²) in [4.78, 5) is 30.9. The molecule has 6 rings (SSSR count). The fourth-order valence-electron chi connectivity index (χ4n) is 6.69. The molecule has 4 heterocycles. The van der Waals surface area contributed by atoms with Crippen molar-refractivity contribution in [2.24, 2.45) is 16.5 Å². The molecule has 43 heavy (non-hydrogen) atoms. The number of nitrogens with one attached hydrogen (secondary N) is 4. The van der Waals surface area contributed by atoms with Gasteiger partial charge in [0.15, 0.2) is 5.96 Å². The molecule has 2 aromatic rings. The third kappa shape index (κ3) is 4.63. The number of rotatable bonds is 6. The molecule has 0 radical (unpaired) electrons. The van der Waals surface area contributed by atoms with Gasteiger partial charge in [-0.2, -0.15) is 0 Å². The van der Waals surface area contributed by atoms with Gasteiger partial charge in [-0.25, -0.2) is 9.57 Å². The Morgan fingerprint density at radius 2 is 1.91 bits per heavy atom. The maximum atomic E-state index is 13.6. The molecule has 0 aliphatic carbocycles. The summed E-state index contributed by atoms with van der Waals surface area (Å²) in [6.07, 6.45) is 0.992. The van der Waals surface area contributed by atoms with E-state index in [1.807, 2.05) is 37.3 Å². The Kier molecular flexibility index (Phi) is 6.77. The fourth-order valence-corrected chi connectivity index (χ4v) is 6.69. The second-order valence-corrected chi connectivity index (χ2v) is 12.5. The van der Waals surface area contributed by atoms with E-state index in [0.29, 0.717) is 17.9 Å². The zero-order chi connectivity index (χ0) is 30.7. The summed E-state index contributed by atoms with van der Waals surface area (Å²) < 4.78 is 7.44. The normalized spacial score (nSPS) is 27.8. The van der Waals surface area contributed by atoms with Crippen LogP contribution >= 0.6 is 0 Å². The molecule has 1 spiro atoms. The van der Waals surface area contributed by atoms with Crippen LogP contribution < -0.4 is 37.5 Å². The van der Waals surface area contributed by atoms with Crippen LogP contribution in [-0.2, 0) is 16.6 Å². The summed E-state index contributed by atoms with van der Waals surface area (Å²) in [5, 5.41) is 35.3. The van der Waals surface area contributed by atoms with E-state index in [4.69, 9.17) is 16.2 Å². The monoisotopic (exact) mass is 591 g/mol. The van der Waals surface area contributed by atoms with Gasteiger partial charge in [0.2, 0.25) is 17.4 Å². The van der Waals surface area contributed by atoms with Crippen molar-refractivity contribution < 1.29 is 29.1 Å². The lowest BCUT2D eigenvalue weighted by molar-refractivity contribution is -0.623. The van der Waals surface area contributed by atoms with Crippen LogP contribution in [0.25, 0.3) is 0 Å². The summed E-state index contributed by atoms with van der Waals surface area (Å²) >= 11 is 0. The van der Waals surface area contributed by atoms with Gasteiger partial charge in [-0.1, -0.05) is 55.8 Å². The molecule has 1 saturated heterocycles. The van der Waals surface area contributed by atoms with Crippen molar-refractivity contribution in [2.75, 3.05) is 19.7 Å². The van der Waals surface area contributed by atoms with Gasteiger partial charge >= 0.3 is 5.96 Å². The Labute approximate surface area is 249 Å². The van der Waals surface area contributed by atoms with Crippen LogP contribution in [0.5, 0.6) is 5.75 Å². The van der Waals surface area contributed by atoms with Gasteiger partial charge in [-0.3, -0.25) is 20.6 Å². The number of hydrogen-bond acceptors (Lipinski definition) is 10. The highest BCUT2D eigenvalue weighted by Crippen LogP contribution is 2.43. The van der Waals surface area contributed by atoms with Gasteiger partial charge < -0.3 is 36.6 Å². The number of aliphatic imine (C=N–C) groups is 1. The molecular weight excluding hydrogens is 552 g/mol. The van der Waals surface area contributed by atoms with E-state index < -0.39 is 35.5 Å². The van der Waals surface area contributed by atoms with Crippen LogP contribution in [0.1, 0.15) is 47.3 Å². The fraction of sp³-hybridized carbons (Fsp3) is 0.467. The average Bonchev–Trinajstić information content (AvgIpc) is 3.42. The Hall–Kier alpha value is -4.36. The number of carbonyl (C=O) groups excluding carboxylic acids is 2. The number of fused-ring (bicyclic) bond motifs is 1. The van der Waals surface area contributed by atoms with E-state index in [2.05, 4.69) is 40.1 Å². The van der Waals surface area contributed by atoms with Gasteiger partial charge in [0.1, 0.15) is 23.9 Å². The highest BCUT2D eigenvalue weighted by molar-refractivity contribution is 5.98. The van der Waals surface area contributed by atoms with Crippen LogP contribution in [0.3, 0.4) is 0 Å². The van der Waals surface area contributed by atoms with Crippen LogP contribution in [0.2, 0.25) is 0 Å². The molecule has 4 atom stereocenters. The van der Waals surface area contributed by atoms with Crippen molar-refractivity contribution in [1.82, 2.24) is 21.3 Å². The van der Waals surface area contributed by atoms with Gasteiger partial charge in [0.05, 0.1) is 31.7 Å². The third-order valence-corrected chi connectivity index (χ3v) is 9.14. The molecule has 13 heteroatoms. The summed E-state index contributed by atoms with van der Waals surface area (Å²) in [6, 6.07) is 10.4. The SMILES string of the molecule is Cc1ccc(CC(=O)NC[C@@H]2NC(N)=[N+]3CC(NC(=O)c4cccc5c4OCCC5(C)C)C(O)(O)[C@@]34NC(N)=N[C@@H]24)cc1. The van der Waals surface area contributed by atoms with Gasteiger partial charge in [-0.05, 0) is 30.4 Å². The number of ether oxygens (including phenoxy) is 1. The molecule has 228 valence electrons. The van der Waals surface area contributed by atoms with E-state index in [9.17, 15) is 19.8 Å². The molecule has 0 saturated carbocycles. The summed E-state index contributed by atoms with van der Waals surface area (Å²) in [5.74, 6) is -2.71. The molecule has 1 unspecified atom stereocenters. The highest BCUT2D eigenvalue weighted by Gasteiger charge is 2.75. The van der Waals surface area contributed by atoms with Crippen molar-refractivity contribution in [3.05, 3.63) is 64.7 Å². The molecule has 2 aromatic carbocycles. The van der Waals surface area contributed by atoms with E-state index in [-0.39, 0.29) is 42.8 Å². The van der Waals surface area contributed by atoms with Crippen LogP contribution in [-0.4, -0.2) is 87.8 Å². The minimum absolute atomic E-state index is 0.0188. The predicted octanol–water partition coefficient (Wildman–Crippen LogP) is -1.51. The first-order valence-corrected chi connectivity index (χ1v) is 14.5. The van der Waals surface area contributed by atoms with Crippen molar-refractivity contribution in [3.8, 4) is 5.75 Å². The lowest BCUT2D eigenvalue weighted by atomic mass is 9.79. The number of para-hydroxylation sites is 1. The Morgan fingerprint density at radius 1 is 1.16 bits per heavy atom. The minimum Gasteiger partial charge on any atom is -0.492 e. The summed E-state index contributed by atoms with van der Waals surface area (Å²) in [5.41, 5.74) is 13.8. The molecular formula is C30H39N8O5+. The first-order chi connectivity index (χ1) is 20.3. The Balaban J connectivity index is 1.23. The quantitative estimate of drug-likeness (QED) is 0.145. The zero-order valence-electron chi connectivity index (χ0n) is 24.5. The average molecular weight is 592 g/mol.